The Hall–Kier alpha value is 0.140. The number of halogens is 1. The number of rotatable bonds is 1. The summed E-state index contributed by atoms with van der Waals surface area (Å²) in [7, 11) is 0. The van der Waals surface area contributed by atoms with Gasteiger partial charge >= 0.3 is 0 Å². The van der Waals surface area contributed by atoms with Crippen LogP contribution in [0.5, 0.6) is 0 Å². The average Bonchev–Trinajstić information content (AvgIpc) is 2.45. The van der Waals surface area contributed by atoms with Gasteiger partial charge in [0.15, 0.2) is 0 Å². The second-order valence-electron chi connectivity index (χ2n) is 2.80. The monoisotopic (exact) mass is 217 g/mol. The smallest absolute Gasteiger partial charge is 0.0701 e. The molecule has 54 valence electrons. The van der Waals surface area contributed by atoms with E-state index < -0.39 is 0 Å². The maximum atomic E-state index is 5.97. The van der Waals surface area contributed by atoms with Gasteiger partial charge in [0.1, 0.15) is 0 Å². The summed E-state index contributed by atoms with van der Waals surface area (Å²) in [5.41, 5.74) is 7.31. The van der Waals surface area contributed by atoms with E-state index in [1.54, 1.807) is 11.3 Å². The van der Waals surface area contributed by atoms with Crippen molar-refractivity contribution in [1.82, 2.24) is 0 Å². The minimum absolute atomic E-state index is 0.0442. The first-order valence-corrected chi connectivity index (χ1v) is 4.91. The molecule has 1 nitrogen and oxygen atoms in total. The number of hydrogen-bond acceptors (Lipinski definition) is 2. The van der Waals surface area contributed by atoms with Crippen molar-refractivity contribution in [2.45, 2.75) is 18.4 Å². The number of hydrogen-bond donors (Lipinski definition) is 1. The van der Waals surface area contributed by atoms with Gasteiger partial charge in [0.25, 0.3) is 0 Å². The lowest BCUT2D eigenvalue weighted by atomic mass is 10.1. The second kappa shape index (κ2) is 2.06. The van der Waals surface area contributed by atoms with Crippen LogP contribution in [0.3, 0.4) is 0 Å². The molecule has 3 heteroatoms. The number of thiophene rings is 1. The SMILES string of the molecule is NC1(c2csc(Br)c2)CC1. The van der Waals surface area contributed by atoms with E-state index in [9.17, 15) is 0 Å². The lowest BCUT2D eigenvalue weighted by Crippen LogP contribution is -2.17. The van der Waals surface area contributed by atoms with Crippen LogP contribution in [0.1, 0.15) is 18.4 Å². The van der Waals surface area contributed by atoms with Gasteiger partial charge in [0.05, 0.1) is 3.79 Å². The molecule has 1 saturated carbocycles. The molecular weight excluding hydrogens is 210 g/mol. The Morgan fingerprint density at radius 3 is 2.70 bits per heavy atom. The van der Waals surface area contributed by atoms with Gasteiger partial charge in [0.2, 0.25) is 0 Å². The van der Waals surface area contributed by atoms with Crippen LogP contribution in [-0.4, -0.2) is 0 Å². The van der Waals surface area contributed by atoms with E-state index in [1.807, 2.05) is 0 Å². The zero-order valence-corrected chi connectivity index (χ0v) is 7.83. The fraction of sp³-hybridized carbons (Fsp3) is 0.429. The van der Waals surface area contributed by atoms with Gasteiger partial charge in [0, 0.05) is 5.54 Å². The van der Waals surface area contributed by atoms with Crippen molar-refractivity contribution in [2.24, 2.45) is 5.73 Å². The van der Waals surface area contributed by atoms with Gasteiger partial charge in [-0.1, -0.05) is 0 Å². The summed E-state index contributed by atoms with van der Waals surface area (Å²) in [5.74, 6) is 0. The van der Waals surface area contributed by atoms with Crippen LogP contribution in [0.4, 0.5) is 0 Å². The largest absolute Gasteiger partial charge is 0.321 e. The normalized spacial score (nSPS) is 21.0. The zero-order valence-electron chi connectivity index (χ0n) is 5.43. The Labute approximate surface area is 72.4 Å². The molecule has 10 heavy (non-hydrogen) atoms. The standard InChI is InChI=1S/C7H8BrNS/c8-6-3-5(4-10-6)7(9)1-2-7/h3-4H,1-2,9H2. The Kier molecular flexibility index (Phi) is 1.41. The van der Waals surface area contributed by atoms with Crippen molar-refractivity contribution in [2.75, 3.05) is 0 Å². The molecule has 0 unspecified atom stereocenters. The molecule has 0 spiro atoms. The van der Waals surface area contributed by atoms with Crippen LogP contribution in [0.25, 0.3) is 0 Å². The molecule has 1 heterocycles. The van der Waals surface area contributed by atoms with Crippen LogP contribution < -0.4 is 5.73 Å². The van der Waals surface area contributed by atoms with Gasteiger partial charge in [-0.15, -0.1) is 11.3 Å². The van der Waals surface area contributed by atoms with Crippen molar-refractivity contribution in [1.29, 1.82) is 0 Å². The summed E-state index contributed by atoms with van der Waals surface area (Å²) in [6, 6.07) is 2.12. The highest BCUT2D eigenvalue weighted by Gasteiger charge is 2.40. The Morgan fingerprint density at radius 2 is 2.30 bits per heavy atom. The highest BCUT2D eigenvalue weighted by Crippen LogP contribution is 2.44. The summed E-state index contributed by atoms with van der Waals surface area (Å²) in [4.78, 5) is 0. The third-order valence-corrected chi connectivity index (χ3v) is 3.44. The Morgan fingerprint density at radius 1 is 1.60 bits per heavy atom. The maximum Gasteiger partial charge on any atom is 0.0701 e. The van der Waals surface area contributed by atoms with Crippen molar-refractivity contribution in [3.05, 3.63) is 20.8 Å². The molecule has 1 aromatic heterocycles. The molecule has 0 saturated heterocycles. The molecule has 0 atom stereocenters. The summed E-state index contributed by atoms with van der Waals surface area (Å²) >= 11 is 5.12. The molecule has 1 fully saturated rings. The summed E-state index contributed by atoms with van der Waals surface area (Å²) in [6.45, 7) is 0. The van der Waals surface area contributed by atoms with Gasteiger partial charge in [-0.05, 0) is 45.8 Å². The van der Waals surface area contributed by atoms with Crippen LogP contribution >= 0.6 is 27.3 Å². The van der Waals surface area contributed by atoms with Crippen molar-refractivity contribution < 1.29 is 0 Å². The molecule has 0 radical (unpaired) electrons. The van der Waals surface area contributed by atoms with Gasteiger partial charge in [-0.25, -0.2) is 0 Å². The minimum Gasteiger partial charge on any atom is -0.321 e. The highest BCUT2D eigenvalue weighted by atomic mass is 79.9. The topological polar surface area (TPSA) is 26.0 Å². The second-order valence-corrected chi connectivity index (χ2v) is 5.09. The first-order valence-electron chi connectivity index (χ1n) is 3.24. The quantitative estimate of drug-likeness (QED) is 0.769. The molecule has 0 amide bonds. The average molecular weight is 218 g/mol. The lowest BCUT2D eigenvalue weighted by Gasteiger charge is -2.02. The van der Waals surface area contributed by atoms with Crippen LogP contribution in [0.15, 0.2) is 15.2 Å². The fourth-order valence-electron chi connectivity index (χ4n) is 0.995. The molecule has 2 N–H and O–H groups in total. The van der Waals surface area contributed by atoms with E-state index in [2.05, 4.69) is 27.4 Å². The summed E-state index contributed by atoms with van der Waals surface area (Å²) < 4.78 is 1.18. The van der Waals surface area contributed by atoms with E-state index in [-0.39, 0.29) is 5.54 Å². The summed E-state index contributed by atoms with van der Waals surface area (Å²) in [6.07, 6.45) is 2.30. The molecule has 0 aromatic carbocycles. The molecular formula is C7H8BrNS. The molecule has 1 aliphatic carbocycles. The predicted molar refractivity (Wildman–Crippen MR) is 47.1 cm³/mol. The predicted octanol–water partition coefficient (Wildman–Crippen LogP) is 2.46. The maximum absolute atomic E-state index is 5.97. The molecule has 0 bridgehead atoms. The van der Waals surface area contributed by atoms with Gasteiger partial charge < -0.3 is 5.73 Å². The molecule has 1 aromatic rings. The van der Waals surface area contributed by atoms with Crippen molar-refractivity contribution in [3.8, 4) is 0 Å². The third kappa shape index (κ3) is 1.02. The van der Waals surface area contributed by atoms with Crippen LogP contribution in [0, 0.1) is 0 Å². The molecule has 2 rings (SSSR count). The zero-order chi connectivity index (χ0) is 7.19. The molecule has 1 aliphatic rings. The first-order chi connectivity index (χ1) is 4.71. The minimum atomic E-state index is 0.0442. The summed E-state index contributed by atoms with van der Waals surface area (Å²) in [5, 5.41) is 2.14. The number of nitrogens with two attached hydrogens (primary N) is 1. The van der Waals surface area contributed by atoms with Crippen LogP contribution in [0.2, 0.25) is 0 Å². The van der Waals surface area contributed by atoms with E-state index in [0.717, 1.165) is 12.8 Å². The first kappa shape index (κ1) is 6.83. The van der Waals surface area contributed by atoms with Crippen LogP contribution in [-0.2, 0) is 5.54 Å². The van der Waals surface area contributed by atoms with E-state index in [4.69, 9.17) is 5.73 Å². The Bertz CT molecular complexity index is 252. The van der Waals surface area contributed by atoms with E-state index in [1.165, 1.54) is 9.35 Å². The lowest BCUT2D eigenvalue weighted by molar-refractivity contribution is 0.744. The fourth-order valence-corrected chi connectivity index (χ4v) is 2.26. The molecule has 0 aliphatic heterocycles. The van der Waals surface area contributed by atoms with Crippen molar-refractivity contribution in [3.63, 3.8) is 0 Å². The third-order valence-electron chi connectivity index (χ3n) is 1.93. The van der Waals surface area contributed by atoms with Gasteiger partial charge in [-0.2, -0.15) is 0 Å². The van der Waals surface area contributed by atoms with E-state index >= 15 is 0 Å². The Balaban J connectivity index is 2.34. The van der Waals surface area contributed by atoms with Crippen molar-refractivity contribution >= 4 is 27.3 Å². The highest BCUT2D eigenvalue weighted by molar-refractivity contribution is 9.11. The van der Waals surface area contributed by atoms with Gasteiger partial charge in [-0.3, -0.25) is 0 Å². The van der Waals surface area contributed by atoms with E-state index in [0.29, 0.717) is 0 Å².